The normalized spacial score (nSPS) is 15.2. The molecule has 0 bridgehead atoms. The third-order valence-corrected chi connectivity index (χ3v) is 2.74. The molecule has 0 aliphatic heterocycles. The molecule has 0 rings (SSSR count). The first-order valence-corrected chi connectivity index (χ1v) is 6.23. The van der Waals surface area contributed by atoms with Gasteiger partial charge < -0.3 is 0 Å². The van der Waals surface area contributed by atoms with Crippen LogP contribution >= 0.6 is 0 Å². The summed E-state index contributed by atoms with van der Waals surface area (Å²) in [5.74, 6) is 2.56. The molecule has 1 unspecified atom stereocenters. The maximum Gasteiger partial charge on any atom is -0.0349 e. The van der Waals surface area contributed by atoms with E-state index in [0.29, 0.717) is 5.41 Å². The molecule has 0 aliphatic carbocycles. The number of hydrogen-bond donors (Lipinski definition) is 0. The van der Waals surface area contributed by atoms with Gasteiger partial charge in [0.2, 0.25) is 0 Å². The van der Waals surface area contributed by atoms with E-state index in [-0.39, 0.29) is 0 Å². The van der Waals surface area contributed by atoms with Crippen LogP contribution in [0.25, 0.3) is 0 Å². The minimum absolute atomic E-state index is 0.530. The number of rotatable bonds is 6. The molecule has 0 nitrogen and oxygen atoms in total. The molecule has 0 heteroatoms. The van der Waals surface area contributed by atoms with Crippen molar-refractivity contribution < 1.29 is 0 Å². The van der Waals surface area contributed by atoms with Gasteiger partial charge in [-0.15, -0.1) is 0 Å². The Bertz CT molecular complexity index is 142. The molecular weight excluding hydrogens is 168 g/mol. The van der Waals surface area contributed by atoms with Crippen LogP contribution in [-0.4, -0.2) is 0 Å². The Morgan fingerprint density at radius 2 is 1.29 bits per heavy atom. The Labute approximate surface area is 91.5 Å². The third-order valence-electron chi connectivity index (χ3n) is 2.74. The van der Waals surface area contributed by atoms with Gasteiger partial charge in [-0.3, -0.25) is 0 Å². The highest BCUT2D eigenvalue weighted by atomic mass is 14.3. The second-order valence-electron chi connectivity index (χ2n) is 6.70. The van der Waals surface area contributed by atoms with E-state index < -0.39 is 0 Å². The summed E-state index contributed by atoms with van der Waals surface area (Å²) in [5, 5.41) is 0. The molecule has 0 amide bonds. The molecule has 0 N–H and O–H groups in total. The van der Waals surface area contributed by atoms with Crippen LogP contribution in [0.3, 0.4) is 0 Å². The van der Waals surface area contributed by atoms with Gasteiger partial charge in [0.25, 0.3) is 0 Å². The molecule has 14 heavy (non-hydrogen) atoms. The quantitative estimate of drug-likeness (QED) is 0.555. The minimum atomic E-state index is 0.530. The fraction of sp³-hybridized carbons (Fsp3) is 1.00. The lowest BCUT2D eigenvalue weighted by Gasteiger charge is -2.30. The summed E-state index contributed by atoms with van der Waals surface area (Å²) in [4.78, 5) is 0. The van der Waals surface area contributed by atoms with Crippen molar-refractivity contribution >= 4 is 0 Å². The smallest absolute Gasteiger partial charge is 0.0349 e. The van der Waals surface area contributed by atoms with Gasteiger partial charge >= 0.3 is 0 Å². The zero-order valence-electron chi connectivity index (χ0n) is 11.4. The molecule has 0 fully saturated rings. The Morgan fingerprint density at radius 1 is 0.786 bits per heavy atom. The maximum absolute atomic E-state index is 2.42. The first-order valence-electron chi connectivity index (χ1n) is 6.23. The van der Waals surface area contributed by atoms with Crippen molar-refractivity contribution in [2.24, 2.45) is 23.2 Å². The molecule has 0 saturated carbocycles. The molecule has 0 aromatic heterocycles. The highest BCUT2D eigenvalue weighted by molar-refractivity contribution is 4.73. The van der Waals surface area contributed by atoms with Crippen molar-refractivity contribution in [1.82, 2.24) is 0 Å². The van der Waals surface area contributed by atoms with Gasteiger partial charge in [-0.25, -0.2) is 0 Å². The van der Waals surface area contributed by atoms with Gasteiger partial charge in [0, 0.05) is 0 Å². The van der Waals surface area contributed by atoms with Crippen molar-refractivity contribution in [3.8, 4) is 0 Å². The summed E-state index contributed by atoms with van der Waals surface area (Å²) in [6.45, 7) is 16.6. The van der Waals surface area contributed by atoms with Crippen molar-refractivity contribution in [1.29, 1.82) is 0 Å². The van der Waals surface area contributed by atoms with Crippen LogP contribution in [0, 0.1) is 23.2 Å². The van der Waals surface area contributed by atoms with Crippen molar-refractivity contribution in [2.75, 3.05) is 0 Å². The first kappa shape index (κ1) is 14.0. The van der Waals surface area contributed by atoms with Gasteiger partial charge in [-0.05, 0) is 42.4 Å². The summed E-state index contributed by atoms with van der Waals surface area (Å²) < 4.78 is 0. The molecule has 1 atom stereocenters. The topological polar surface area (TPSA) is 0 Å². The maximum atomic E-state index is 2.42. The van der Waals surface area contributed by atoms with Crippen LogP contribution in [0.2, 0.25) is 0 Å². The monoisotopic (exact) mass is 198 g/mol. The average Bonchev–Trinajstić information content (AvgIpc) is 1.77. The molecule has 0 radical (unpaired) electrons. The highest BCUT2D eigenvalue weighted by Gasteiger charge is 2.22. The van der Waals surface area contributed by atoms with E-state index in [1.165, 1.54) is 19.3 Å². The predicted molar refractivity (Wildman–Crippen MR) is 66.5 cm³/mol. The van der Waals surface area contributed by atoms with Crippen LogP contribution in [0.15, 0.2) is 0 Å². The van der Waals surface area contributed by atoms with Crippen LogP contribution in [-0.2, 0) is 0 Å². The SMILES string of the molecule is CC(C)CC(C)CC(C)(C)CC(C)C. The third kappa shape index (κ3) is 7.41. The summed E-state index contributed by atoms with van der Waals surface area (Å²) >= 11 is 0. The molecular formula is C14H30. The molecule has 0 heterocycles. The van der Waals surface area contributed by atoms with E-state index in [9.17, 15) is 0 Å². The zero-order chi connectivity index (χ0) is 11.4. The van der Waals surface area contributed by atoms with Gasteiger partial charge in [0.05, 0.1) is 0 Å². The fourth-order valence-corrected chi connectivity index (χ4v) is 3.02. The predicted octanol–water partition coefficient (Wildman–Crippen LogP) is 5.13. The summed E-state index contributed by atoms with van der Waals surface area (Å²) in [7, 11) is 0. The fourth-order valence-electron chi connectivity index (χ4n) is 3.02. The molecule has 0 aromatic carbocycles. The second kappa shape index (κ2) is 5.78. The van der Waals surface area contributed by atoms with E-state index in [0.717, 1.165) is 17.8 Å². The largest absolute Gasteiger partial charge is 0.0628 e. The van der Waals surface area contributed by atoms with Crippen molar-refractivity contribution in [2.45, 2.75) is 67.7 Å². The Balaban J connectivity index is 3.94. The van der Waals surface area contributed by atoms with Gasteiger partial charge in [0.1, 0.15) is 0 Å². The molecule has 0 saturated heterocycles. The second-order valence-corrected chi connectivity index (χ2v) is 6.70. The lowest BCUT2D eigenvalue weighted by Crippen LogP contribution is -2.18. The van der Waals surface area contributed by atoms with Crippen LogP contribution in [0.5, 0.6) is 0 Å². The van der Waals surface area contributed by atoms with Gasteiger partial charge in [-0.2, -0.15) is 0 Å². The van der Waals surface area contributed by atoms with Gasteiger partial charge in [0.15, 0.2) is 0 Å². The van der Waals surface area contributed by atoms with E-state index >= 15 is 0 Å². The zero-order valence-corrected chi connectivity index (χ0v) is 11.4. The molecule has 0 aliphatic rings. The van der Waals surface area contributed by atoms with E-state index in [1.807, 2.05) is 0 Å². The Kier molecular flexibility index (Phi) is 5.78. The van der Waals surface area contributed by atoms with E-state index in [1.54, 1.807) is 0 Å². The van der Waals surface area contributed by atoms with Crippen LogP contribution in [0.1, 0.15) is 67.7 Å². The minimum Gasteiger partial charge on any atom is -0.0628 e. The Morgan fingerprint density at radius 3 is 1.64 bits per heavy atom. The standard InChI is InChI=1S/C14H30/c1-11(2)8-13(5)10-14(6,7)9-12(3)4/h11-13H,8-10H2,1-7H3. The molecule has 0 spiro atoms. The lowest BCUT2D eigenvalue weighted by molar-refractivity contribution is 0.212. The summed E-state index contributed by atoms with van der Waals surface area (Å²) in [6, 6.07) is 0. The first-order chi connectivity index (χ1) is 6.23. The highest BCUT2D eigenvalue weighted by Crippen LogP contribution is 2.34. The van der Waals surface area contributed by atoms with Crippen molar-refractivity contribution in [3.63, 3.8) is 0 Å². The molecule has 0 aromatic rings. The van der Waals surface area contributed by atoms with Crippen molar-refractivity contribution in [3.05, 3.63) is 0 Å². The van der Waals surface area contributed by atoms with Gasteiger partial charge in [-0.1, -0.05) is 48.5 Å². The Hall–Kier alpha value is 0. The molecule has 86 valence electrons. The summed E-state index contributed by atoms with van der Waals surface area (Å²) in [6.07, 6.45) is 4.11. The van der Waals surface area contributed by atoms with Crippen LogP contribution in [0.4, 0.5) is 0 Å². The lowest BCUT2D eigenvalue weighted by atomic mass is 9.76. The average molecular weight is 198 g/mol. The van der Waals surface area contributed by atoms with Crippen LogP contribution < -0.4 is 0 Å². The number of hydrogen-bond acceptors (Lipinski definition) is 0. The van der Waals surface area contributed by atoms with E-state index in [4.69, 9.17) is 0 Å². The van der Waals surface area contributed by atoms with E-state index in [2.05, 4.69) is 48.5 Å². The summed E-state index contributed by atoms with van der Waals surface area (Å²) in [5.41, 5.74) is 0.530.